The quantitative estimate of drug-likeness (QED) is 0.479. The molecule has 6 fully saturated rings. The summed E-state index contributed by atoms with van der Waals surface area (Å²) in [6.07, 6.45) is 7.17. The maximum atomic E-state index is 13.3. The molecule has 1 aromatic rings. The fraction of sp³-hybridized carbons (Fsp3) is 0.794. The first kappa shape index (κ1) is 26.5. The Hall–Kier alpha value is -1.43. The van der Waals surface area contributed by atoms with Gasteiger partial charge in [0.2, 0.25) is 5.91 Å². The van der Waals surface area contributed by atoms with Gasteiger partial charge in [0, 0.05) is 12.0 Å². The largest absolute Gasteiger partial charge is 0.393 e. The van der Waals surface area contributed by atoms with Gasteiger partial charge in [-0.15, -0.1) is 0 Å². The van der Waals surface area contributed by atoms with Crippen LogP contribution in [0.25, 0.3) is 0 Å². The second kappa shape index (κ2) is 8.32. The van der Waals surface area contributed by atoms with Crippen molar-refractivity contribution in [1.29, 1.82) is 0 Å². The highest BCUT2D eigenvalue weighted by molar-refractivity contribution is 5.81. The Morgan fingerprint density at radius 3 is 2.41 bits per heavy atom. The molecule has 6 aliphatic rings. The summed E-state index contributed by atoms with van der Waals surface area (Å²) in [7, 11) is 0. The van der Waals surface area contributed by atoms with E-state index in [0.717, 1.165) is 37.7 Å². The predicted octanol–water partition coefficient (Wildman–Crippen LogP) is 5.48. The molecule has 0 bridgehead atoms. The number of aliphatic hydroxyl groups excluding tert-OH is 2. The SMILES string of the molecule is C[C@@H]1CC(C(=O)NCc2ccccc2)OC2[C@H]1C1(C)CCC34CC35CCC(O)C(C)(C)[C@@H]5CCC4[C@]1(C)[C@H]2O. The third-order valence-electron chi connectivity index (χ3n) is 14.4. The maximum absolute atomic E-state index is 13.3. The maximum Gasteiger partial charge on any atom is 0.249 e. The molecule has 0 aromatic heterocycles. The number of carbonyl (C=O) groups is 1. The van der Waals surface area contributed by atoms with Gasteiger partial charge in [0.25, 0.3) is 0 Å². The Morgan fingerprint density at radius 2 is 1.67 bits per heavy atom. The molecule has 1 aliphatic heterocycles. The van der Waals surface area contributed by atoms with E-state index in [4.69, 9.17) is 4.74 Å². The van der Waals surface area contributed by atoms with Gasteiger partial charge in [0.1, 0.15) is 6.10 Å². The number of aliphatic hydroxyl groups is 2. The molecule has 5 heteroatoms. The molecule has 7 unspecified atom stereocenters. The first-order valence-corrected chi connectivity index (χ1v) is 15.8. The third kappa shape index (κ3) is 3.16. The standard InChI is InChI=1S/C34H49NO4/c1-20-17-22(29(38)35-18-21-9-7-6-8-10-21)39-27-26(20)31(4)15-16-34-19-33(34)14-13-25(36)30(2,3)23(33)11-12-24(34)32(31,5)28(27)37/h6-10,20,22-28,36-37H,11-19H2,1-5H3,(H,35,38)/t20-,22?,23+,24?,25?,26+,27?,28+,31?,32-,33?,34?/m1/s1. The fourth-order valence-corrected chi connectivity index (χ4v) is 12.4. The predicted molar refractivity (Wildman–Crippen MR) is 150 cm³/mol. The van der Waals surface area contributed by atoms with Crippen molar-refractivity contribution in [2.75, 3.05) is 0 Å². The van der Waals surface area contributed by atoms with Gasteiger partial charge in [-0.2, -0.15) is 0 Å². The highest BCUT2D eigenvalue weighted by Gasteiger charge is 2.84. The number of benzene rings is 1. The van der Waals surface area contributed by atoms with Gasteiger partial charge < -0.3 is 20.3 Å². The topological polar surface area (TPSA) is 78.8 Å². The normalized spacial score (nSPS) is 52.9. The summed E-state index contributed by atoms with van der Waals surface area (Å²) in [6, 6.07) is 10.0. The molecule has 1 amide bonds. The van der Waals surface area contributed by atoms with E-state index < -0.39 is 12.2 Å². The third-order valence-corrected chi connectivity index (χ3v) is 14.4. The van der Waals surface area contributed by atoms with Gasteiger partial charge in [-0.1, -0.05) is 65.0 Å². The zero-order chi connectivity index (χ0) is 27.6. The molecule has 0 radical (unpaired) electrons. The Labute approximate surface area is 234 Å². The molecule has 3 N–H and O–H groups in total. The molecular formula is C34H49NO4. The molecule has 1 aromatic carbocycles. The number of nitrogens with one attached hydrogen (secondary N) is 1. The van der Waals surface area contributed by atoms with Crippen LogP contribution in [0.4, 0.5) is 0 Å². The van der Waals surface area contributed by atoms with Crippen molar-refractivity contribution in [2.45, 2.75) is 117 Å². The van der Waals surface area contributed by atoms with Crippen LogP contribution in [0, 0.1) is 50.7 Å². The second-order valence-electron chi connectivity index (χ2n) is 15.7. The average Bonchev–Trinajstić information content (AvgIpc) is 3.55. The van der Waals surface area contributed by atoms with E-state index >= 15 is 0 Å². The van der Waals surface area contributed by atoms with Crippen LogP contribution in [0.3, 0.4) is 0 Å². The first-order chi connectivity index (χ1) is 18.4. The van der Waals surface area contributed by atoms with Gasteiger partial charge in [-0.25, -0.2) is 0 Å². The van der Waals surface area contributed by atoms with Crippen LogP contribution in [-0.2, 0) is 16.1 Å². The first-order valence-electron chi connectivity index (χ1n) is 15.8. The number of hydrogen-bond donors (Lipinski definition) is 3. The fourth-order valence-electron chi connectivity index (χ4n) is 12.4. The summed E-state index contributed by atoms with van der Waals surface area (Å²) in [6.45, 7) is 12.3. The van der Waals surface area contributed by atoms with E-state index in [2.05, 4.69) is 39.9 Å². The Balaban J connectivity index is 1.16. The molecular weight excluding hydrogens is 486 g/mol. The van der Waals surface area contributed by atoms with Crippen LogP contribution in [0.2, 0.25) is 0 Å². The van der Waals surface area contributed by atoms with Crippen molar-refractivity contribution in [2.24, 2.45) is 50.7 Å². The summed E-state index contributed by atoms with van der Waals surface area (Å²) in [5, 5.41) is 26.3. The molecule has 5 saturated carbocycles. The number of rotatable bonds is 3. The second-order valence-corrected chi connectivity index (χ2v) is 15.7. The van der Waals surface area contributed by atoms with E-state index in [1.807, 2.05) is 30.3 Å². The number of carbonyl (C=O) groups excluding carboxylic acids is 1. The Kier molecular flexibility index (Phi) is 5.65. The minimum Gasteiger partial charge on any atom is -0.393 e. The smallest absolute Gasteiger partial charge is 0.249 e. The highest BCUT2D eigenvalue weighted by atomic mass is 16.5. The Bertz CT molecular complexity index is 1150. The van der Waals surface area contributed by atoms with Crippen LogP contribution >= 0.6 is 0 Å². The van der Waals surface area contributed by atoms with E-state index in [1.165, 1.54) is 12.8 Å². The van der Waals surface area contributed by atoms with Crippen molar-refractivity contribution in [1.82, 2.24) is 5.32 Å². The Morgan fingerprint density at radius 1 is 0.974 bits per heavy atom. The van der Waals surface area contributed by atoms with Crippen molar-refractivity contribution >= 4 is 5.91 Å². The lowest BCUT2D eigenvalue weighted by atomic mass is 9.41. The minimum absolute atomic E-state index is 0.00177. The van der Waals surface area contributed by atoms with Gasteiger partial charge in [0.15, 0.2) is 0 Å². The van der Waals surface area contributed by atoms with Gasteiger partial charge in [-0.3, -0.25) is 4.79 Å². The van der Waals surface area contributed by atoms with Crippen LogP contribution in [0.5, 0.6) is 0 Å². The highest BCUT2D eigenvalue weighted by Crippen LogP contribution is 2.89. The number of ether oxygens (including phenoxy) is 1. The van der Waals surface area contributed by atoms with E-state index in [9.17, 15) is 15.0 Å². The summed E-state index contributed by atoms with van der Waals surface area (Å²) in [5.74, 6) is 1.59. The van der Waals surface area contributed by atoms with Crippen molar-refractivity contribution in [3.63, 3.8) is 0 Å². The van der Waals surface area contributed by atoms with Crippen molar-refractivity contribution in [3.05, 3.63) is 35.9 Å². The molecule has 39 heavy (non-hydrogen) atoms. The van der Waals surface area contributed by atoms with Gasteiger partial charge >= 0.3 is 0 Å². The average molecular weight is 536 g/mol. The van der Waals surface area contributed by atoms with E-state index in [1.54, 1.807) is 0 Å². The van der Waals surface area contributed by atoms with E-state index in [0.29, 0.717) is 41.5 Å². The zero-order valence-corrected chi connectivity index (χ0v) is 24.6. The summed E-state index contributed by atoms with van der Waals surface area (Å²) in [5.41, 5.74) is 1.46. The van der Waals surface area contributed by atoms with Crippen molar-refractivity contribution < 1.29 is 19.7 Å². The number of fused-ring (bicyclic) bond motifs is 4. The van der Waals surface area contributed by atoms with Crippen LogP contribution in [0.15, 0.2) is 30.3 Å². The summed E-state index contributed by atoms with van der Waals surface area (Å²) >= 11 is 0. The molecule has 2 spiro atoms. The summed E-state index contributed by atoms with van der Waals surface area (Å²) in [4.78, 5) is 13.3. The molecule has 1 saturated heterocycles. The van der Waals surface area contributed by atoms with Crippen LogP contribution < -0.4 is 5.32 Å². The number of amides is 1. The molecule has 12 atom stereocenters. The zero-order valence-electron chi connectivity index (χ0n) is 24.6. The van der Waals surface area contributed by atoms with Crippen LogP contribution in [-0.4, -0.2) is 40.5 Å². The van der Waals surface area contributed by atoms with Gasteiger partial charge in [0.05, 0.1) is 18.3 Å². The number of hydrogen-bond acceptors (Lipinski definition) is 4. The lowest BCUT2D eigenvalue weighted by Crippen LogP contribution is -2.59. The summed E-state index contributed by atoms with van der Waals surface area (Å²) < 4.78 is 6.65. The molecule has 5 aliphatic carbocycles. The van der Waals surface area contributed by atoms with Crippen molar-refractivity contribution in [3.8, 4) is 0 Å². The van der Waals surface area contributed by atoms with Crippen LogP contribution in [0.1, 0.15) is 91.5 Å². The monoisotopic (exact) mass is 535 g/mol. The van der Waals surface area contributed by atoms with E-state index in [-0.39, 0.29) is 40.3 Å². The lowest BCUT2D eigenvalue weighted by Gasteiger charge is -2.63. The molecule has 214 valence electrons. The molecule has 7 rings (SSSR count). The molecule has 5 nitrogen and oxygen atoms in total. The molecule has 1 heterocycles. The minimum atomic E-state index is -0.557. The lowest BCUT2D eigenvalue weighted by molar-refractivity contribution is -0.182. The van der Waals surface area contributed by atoms with Gasteiger partial charge in [-0.05, 0) is 102 Å².